The number of carbonyl (C=O) groups excluding carboxylic acids is 1. The maximum atomic E-state index is 12.8. The zero-order chi connectivity index (χ0) is 47.6. The number of esters is 1. The van der Waals surface area contributed by atoms with Gasteiger partial charge in [-0.3, -0.25) is 13.8 Å². The normalized spacial score (nSPS) is 22.4. The van der Waals surface area contributed by atoms with Gasteiger partial charge in [0.2, 0.25) is 0 Å². The van der Waals surface area contributed by atoms with Crippen LogP contribution in [-0.2, 0) is 27.9 Å². The Morgan fingerprint density at radius 3 is 1.40 bits per heavy atom. The van der Waals surface area contributed by atoms with E-state index >= 15 is 0 Å². The Balaban J connectivity index is 2.43. The summed E-state index contributed by atoms with van der Waals surface area (Å²) in [6.45, 7) is 4.05. The lowest BCUT2D eigenvalue weighted by Gasteiger charge is -2.41. The van der Waals surface area contributed by atoms with Crippen molar-refractivity contribution in [1.29, 1.82) is 0 Å². The van der Waals surface area contributed by atoms with Gasteiger partial charge in [0.15, 0.2) is 0 Å². The number of hydrogen-bond donors (Lipinski definition) is 6. The number of unbranched alkanes of at least 4 members (excludes halogenated alkanes) is 12. The Kier molecular flexibility index (Phi) is 38.4. The number of rotatable bonds is 40. The number of aliphatic hydroxyl groups is 5. The highest BCUT2D eigenvalue weighted by Crippen LogP contribution is 2.47. The number of allylic oxidation sites excluding steroid dienone is 16. The highest BCUT2D eigenvalue weighted by molar-refractivity contribution is 7.47. The summed E-state index contributed by atoms with van der Waals surface area (Å²) >= 11 is 0. The Hall–Kier alpha value is -2.74. The van der Waals surface area contributed by atoms with Crippen LogP contribution in [0.5, 0.6) is 0 Å². The molecule has 1 rings (SSSR count). The molecule has 1 saturated carbocycles. The van der Waals surface area contributed by atoms with Gasteiger partial charge in [-0.15, -0.1) is 0 Å². The maximum Gasteiger partial charge on any atom is 0.472 e. The van der Waals surface area contributed by atoms with E-state index in [0.717, 1.165) is 77.0 Å². The predicted molar refractivity (Wildman–Crippen MR) is 262 cm³/mol. The predicted octanol–water partition coefficient (Wildman–Crippen LogP) is 10.7. The van der Waals surface area contributed by atoms with Crippen LogP contribution in [0.1, 0.15) is 162 Å². The first-order valence-electron chi connectivity index (χ1n) is 24.6. The fraction of sp³-hybridized carbons (Fsp3) is 0.673. The molecule has 0 aliphatic heterocycles. The lowest BCUT2D eigenvalue weighted by atomic mass is 9.85. The van der Waals surface area contributed by atoms with Crippen LogP contribution in [-0.4, -0.2) is 98.9 Å². The van der Waals surface area contributed by atoms with Crippen molar-refractivity contribution in [3.8, 4) is 0 Å². The maximum absolute atomic E-state index is 12.8. The van der Waals surface area contributed by atoms with E-state index in [0.29, 0.717) is 19.4 Å². The van der Waals surface area contributed by atoms with Crippen molar-refractivity contribution in [2.75, 3.05) is 19.8 Å². The molecule has 1 fully saturated rings. The number of aliphatic hydroxyl groups excluding tert-OH is 5. The van der Waals surface area contributed by atoms with Crippen molar-refractivity contribution in [1.82, 2.24) is 0 Å². The minimum atomic E-state index is -5.04. The van der Waals surface area contributed by atoms with Crippen LogP contribution >= 0.6 is 7.82 Å². The molecule has 1 aliphatic rings. The number of ether oxygens (including phenoxy) is 2. The van der Waals surface area contributed by atoms with Crippen molar-refractivity contribution in [3.05, 3.63) is 97.2 Å². The molecule has 0 aromatic rings. The second kappa shape index (κ2) is 41.4. The third-order valence-electron chi connectivity index (χ3n) is 10.7. The van der Waals surface area contributed by atoms with E-state index in [2.05, 4.69) is 98.9 Å². The van der Waals surface area contributed by atoms with Crippen LogP contribution in [0.2, 0.25) is 0 Å². The first kappa shape index (κ1) is 60.3. The molecule has 13 heteroatoms. The molecular formula is C52H87O12P. The van der Waals surface area contributed by atoms with Gasteiger partial charge < -0.3 is 39.9 Å². The van der Waals surface area contributed by atoms with E-state index in [4.69, 9.17) is 18.5 Å². The van der Waals surface area contributed by atoms with Crippen molar-refractivity contribution in [2.45, 2.75) is 204 Å². The molecule has 0 radical (unpaired) electrons. The summed E-state index contributed by atoms with van der Waals surface area (Å²) in [5.74, 6) is -0.540. The van der Waals surface area contributed by atoms with Gasteiger partial charge in [-0.05, 0) is 89.9 Å². The summed E-state index contributed by atoms with van der Waals surface area (Å²) in [7, 11) is -5.04. The van der Waals surface area contributed by atoms with E-state index in [1.165, 1.54) is 51.4 Å². The molecule has 65 heavy (non-hydrogen) atoms. The largest absolute Gasteiger partial charge is 0.472 e. The molecule has 0 amide bonds. The van der Waals surface area contributed by atoms with Crippen LogP contribution in [0, 0.1) is 0 Å². The molecule has 0 bridgehead atoms. The molecule has 372 valence electrons. The number of hydrogen-bond acceptors (Lipinski definition) is 11. The summed E-state index contributed by atoms with van der Waals surface area (Å²) in [5.41, 5.74) is 0. The Morgan fingerprint density at radius 2 is 0.908 bits per heavy atom. The molecule has 0 saturated heterocycles. The minimum absolute atomic E-state index is 0.0986. The highest BCUT2D eigenvalue weighted by Gasteiger charge is 2.51. The topological polar surface area (TPSA) is 192 Å². The van der Waals surface area contributed by atoms with Gasteiger partial charge in [0.1, 0.15) is 42.7 Å². The zero-order valence-electron chi connectivity index (χ0n) is 39.7. The molecule has 0 spiro atoms. The summed E-state index contributed by atoms with van der Waals surface area (Å²) in [5, 5.41) is 50.2. The Labute approximate surface area is 392 Å². The van der Waals surface area contributed by atoms with Gasteiger partial charge in [-0.2, -0.15) is 0 Å². The SMILES string of the molecule is CC/C=C\C/C=C\C/C=C\C/C=C\C/C=C\C/C=C\C/C=C\CCCC(=O)OC(COCCCCCCCC/C=C\CCCCCCC)COP(=O)(O)OC1C(O)C(O)C(O)C(O)C1O. The van der Waals surface area contributed by atoms with Crippen molar-refractivity contribution < 1.29 is 58.3 Å². The van der Waals surface area contributed by atoms with E-state index in [9.17, 15) is 39.8 Å². The molecule has 0 aromatic heterocycles. The van der Waals surface area contributed by atoms with Gasteiger partial charge in [0.05, 0.1) is 13.2 Å². The van der Waals surface area contributed by atoms with Crippen LogP contribution in [0.15, 0.2) is 97.2 Å². The van der Waals surface area contributed by atoms with E-state index in [1.54, 1.807) is 0 Å². The summed E-state index contributed by atoms with van der Waals surface area (Å²) in [4.78, 5) is 23.2. The van der Waals surface area contributed by atoms with Gasteiger partial charge >= 0.3 is 13.8 Å². The van der Waals surface area contributed by atoms with Crippen LogP contribution < -0.4 is 0 Å². The van der Waals surface area contributed by atoms with Gasteiger partial charge in [0.25, 0.3) is 0 Å². The standard InChI is InChI=1S/C52H87O12P/c1-3-5-7-9-11-13-15-17-19-20-21-22-23-24-25-26-27-29-31-33-35-37-39-41-46(53)63-45(44-62-65(59,60)64-52-50(57)48(55)47(54)49(56)51(52)58)43-61-42-40-38-36-34-32-30-28-18-16-14-12-10-8-6-4-2/h5,7,11,13,16-19,21-22,24-25,27,29,33,35,45,47-52,54-58H,3-4,6,8-10,12,14-15,20,23,26,28,30-32,34,36-44H2,1-2H3,(H,59,60)/b7-5-,13-11-,18-16-,19-17-,22-21-,25-24-,29-27-,35-33-. The molecular weight excluding hydrogens is 848 g/mol. The Bertz CT molecular complexity index is 1440. The van der Waals surface area contributed by atoms with Gasteiger partial charge in [-0.25, -0.2) is 4.57 Å². The van der Waals surface area contributed by atoms with E-state index in [-0.39, 0.29) is 13.0 Å². The molecule has 12 nitrogen and oxygen atoms in total. The molecule has 6 unspecified atom stereocenters. The first-order chi connectivity index (χ1) is 31.5. The smallest absolute Gasteiger partial charge is 0.457 e. The van der Waals surface area contributed by atoms with Crippen molar-refractivity contribution in [2.24, 2.45) is 0 Å². The van der Waals surface area contributed by atoms with Crippen LogP contribution in [0.4, 0.5) is 0 Å². The summed E-state index contributed by atoms with van der Waals surface area (Å²) < 4.78 is 34.2. The lowest BCUT2D eigenvalue weighted by Crippen LogP contribution is -2.64. The average Bonchev–Trinajstić information content (AvgIpc) is 3.29. The third-order valence-corrected chi connectivity index (χ3v) is 11.7. The number of carbonyl (C=O) groups is 1. The number of phosphoric ester groups is 1. The van der Waals surface area contributed by atoms with Crippen LogP contribution in [0.3, 0.4) is 0 Å². The number of phosphoric acid groups is 1. The molecule has 0 heterocycles. The minimum Gasteiger partial charge on any atom is -0.457 e. The van der Waals surface area contributed by atoms with Gasteiger partial charge in [0, 0.05) is 13.0 Å². The average molecular weight is 935 g/mol. The molecule has 1 aliphatic carbocycles. The second-order valence-corrected chi connectivity index (χ2v) is 18.0. The zero-order valence-corrected chi connectivity index (χ0v) is 40.6. The summed E-state index contributed by atoms with van der Waals surface area (Å²) in [6.07, 6.45) is 44.8. The Morgan fingerprint density at radius 1 is 0.508 bits per heavy atom. The van der Waals surface area contributed by atoms with Gasteiger partial charge in [-0.1, -0.05) is 162 Å². The highest BCUT2D eigenvalue weighted by atomic mass is 31.2. The van der Waals surface area contributed by atoms with Crippen molar-refractivity contribution >= 4 is 13.8 Å². The third kappa shape index (κ3) is 33.4. The molecule has 6 N–H and O–H groups in total. The van der Waals surface area contributed by atoms with E-state index in [1.807, 2.05) is 12.2 Å². The monoisotopic (exact) mass is 935 g/mol. The van der Waals surface area contributed by atoms with Crippen LogP contribution in [0.25, 0.3) is 0 Å². The fourth-order valence-corrected chi connectivity index (χ4v) is 7.78. The fourth-order valence-electron chi connectivity index (χ4n) is 6.81. The second-order valence-electron chi connectivity index (χ2n) is 16.6. The molecule has 0 aromatic carbocycles. The summed E-state index contributed by atoms with van der Waals surface area (Å²) in [6, 6.07) is 0. The first-order valence-corrected chi connectivity index (χ1v) is 26.1. The molecule has 6 atom stereocenters. The van der Waals surface area contributed by atoms with E-state index < -0.39 is 63.1 Å². The quantitative estimate of drug-likeness (QED) is 0.0148. The van der Waals surface area contributed by atoms with Crippen molar-refractivity contribution in [3.63, 3.8) is 0 Å². The lowest BCUT2D eigenvalue weighted by molar-refractivity contribution is -0.220.